The van der Waals surface area contributed by atoms with Crippen molar-refractivity contribution < 1.29 is 18.0 Å². The molecule has 3 aromatic carbocycles. The van der Waals surface area contributed by atoms with Crippen molar-refractivity contribution in [3.8, 4) is 0 Å². The Hall–Kier alpha value is -3.41. The first-order valence-electron chi connectivity index (χ1n) is 9.08. The normalized spacial score (nSPS) is 11.0. The number of nitrogens with zero attached hydrogens (tertiary/aromatic N) is 1. The number of anilines is 1. The molecule has 0 spiro atoms. The minimum absolute atomic E-state index is 0.0610. The van der Waals surface area contributed by atoms with Crippen LogP contribution in [0.4, 0.5) is 24.5 Å². The molecule has 0 aliphatic rings. The van der Waals surface area contributed by atoms with Gasteiger partial charge in [0.05, 0.1) is 17.0 Å². The summed E-state index contributed by atoms with van der Waals surface area (Å²) in [5, 5.41) is 2.49. The molecule has 0 heterocycles. The lowest BCUT2D eigenvalue weighted by atomic mass is 10.0. The van der Waals surface area contributed by atoms with E-state index >= 15 is 0 Å². The Labute approximate surface area is 166 Å². The van der Waals surface area contributed by atoms with E-state index in [1.54, 1.807) is 6.92 Å². The number of rotatable bonds is 5. The van der Waals surface area contributed by atoms with Crippen LogP contribution in [0.25, 0.3) is 0 Å². The molecule has 29 heavy (non-hydrogen) atoms. The summed E-state index contributed by atoms with van der Waals surface area (Å²) in [5.41, 5.74) is 1.38. The summed E-state index contributed by atoms with van der Waals surface area (Å²) < 4.78 is 40.2. The average molecular weight is 396 g/mol. The molecule has 0 bridgehead atoms. The van der Waals surface area contributed by atoms with E-state index < -0.39 is 11.7 Å². The standard InChI is InChI=1S/C23H19F3N2O/c1-2-21(29)27-19-13-18(23(24,25)26)14-20(15-19)28-22(16-9-5-3-6-10-16)17-11-7-4-8-12-17/h3-15H,2H2,1H3,(H,27,29). The summed E-state index contributed by atoms with van der Waals surface area (Å²) >= 11 is 0. The van der Waals surface area contributed by atoms with E-state index in [9.17, 15) is 18.0 Å². The molecular formula is C23H19F3N2O. The molecule has 0 aliphatic carbocycles. The van der Waals surface area contributed by atoms with Crippen LogP contribution in [0.1, 0.15) is 30.0 Å². The van der Waals surface area contributed by atoms with Crippen molar-refractivity contribution >= 4 is 23.0 Å². The van der Waals surface area contributed by atoms with Crippen molar-refractivity contribution in [1.82, 2.24) is 0 Å². The quantitative estimate of drug-likeness (QED) is 0.511. The molecule has 0 unspecified atom stereocenters. The van der Waals surface area contributed by atoms with E-state index in [0.717, 1.165) is 23.3 Å². The minimum Gasteiger partial charge on any atom is -0.326 e. The van der Waals surface area contributed by atoms with Gasteiger partial charge in [0.1, 0.15) is 0 Å². The maximum absolute atomic E-state index is 13.4. The molecule has 0 saturated heterocycles. The van der Waals surface area contributed by atoms with Crippen LogP contribution in [0.2, 0.25) is 0 Å². The van der Waals surface area contributed by atoms with Crippen molar-refractivity contribution in [3.63, 3.8) is 0 Å². The van der Waals surface area contributed by atoms with Crippen LogP contribution in [-0.4, -0.2) is 11.6 Å². The van der Waals surface area contributed by atoms with Gasteiger partial charge in [0, 0.05) is 23.2 Å². The van der Waals surface area contributed by atoms with Gasteiger partial charge in [-0.05, 0) is 18.2 Å². The van der Waals surface area contributed by atoms with E-state index in [0.29, 0.717) is 5.71 Å². The second-order valence-electron chi connectivity index (χ2n) is 6.36. The van der Waals surface area contributed by atoms with Crippen molar-refractivity contribution in [3.05, 3.63) is 95.6 Å². The van der Waals surface area contributed by atoms with Gasteiger partial charge in [-0.25, -0.2) is 4.99 Å². The van der Waals surface area contributed by atoms with Gasteiger partial charge in [0.25, 0.3) is 0 Å². The van der Waals surface area contributed by atoms with Gasteiger partial charge < -0.3 is 5.32 Å². The van der Waals surface area contributed by atoms with Gasteiger partial charge in [0.2, 0.25) is 5.91 Å². The predicted molar refractivity (Wildman–Crippen MR) is 109 cm³/mol. The predicted octanol–water partition coefficient (Wildman–Crippen LogP) is 6.22. The van der Waals surface area contributed by atoms with Crippen LogP contribution in [0.5, 0.6) is 0 Å². The molecule has 3 nitrogen and oxygen atoms in total. The molecule has 148 valence electrons. The molecule has 0 fully saturated rings. The molecule has 1 amide bonds. The van der Waals surface area contributed by atoms with Crippen LogP contribution in [0, 0.1) is 0 Å². The largest absolute Gasteiger partial charge is 0.416 e. The van der Waals surface area contributed by atoms with Crippen molar-refractivity contribution in [2.75, 3.05) is 5.32 Å². The number of hydrogen-bond acceptors (Lipinski definition) is 2. The van der Waals surface area contributed by atoms with Crippen LogP contribution in [0.15, 0.2) is 83.9 Å². The number of nitrogens with one attached hydrogen (secondary N) is 1. The number of alkyl halides is 3. The number of amides is 1. The third kappa shape index (κ3) is 5.31. The highest BCUT2D eigenvalue weighted by molar-refractivity contribution is 6.14. The fraction of sp³-hybridized carbons (Fsp3) is 0.130. The number of aliphatic imine (C=N–C) groups is 1. The van der Waals surface area contributed by atoms with Crippen molar-refractivity contribution in [2.45, 2.75) is 19.5 Å². The van der Waals surface area contributed by atoms with Gasteiger partial charge in [-0.15, -0.1) is 0 Å². The highest BCUT2D eigenvalue weighted by Crippen LogP contribution is 2.35. The maximum atomic E-state index is 13.4. The van der Waals surface area contributed by atoms with Gasteiger partial charge in [0.15, 0.2) is 0 Å². The fourth-order valence-corrected chi connectivity index (χ4v) is 2.78. The second-order valence-corrected chi connectivity index (χ2v) is 6.36. The molecule has 0 aliphatic heterocycles. The third-order valence-electron chi connectivity index (χ3n) is 4.19. The second kappa shape index (κ2) is 8.73. The number of benzene rings is 3. The van der Waals surface area contributed by atoms with Crippen LogP contribution in [-0.2, 0) is 11.0 Å². The lowest BCUT2D eigenvalue weighted by Crippen LogP contribution is -2.11. The van der Waals surface area contributed by atoms with Crippen LogP contribution in [0.3, 0.4) is 0 Å². The van der Waals surface area contributed by atoms with Gasteiger partial charge in [-0.2, -0.15) is 13.2 Å². The first kappa shape index (κ1) is 20.3. The van der Waals surface area contributed by atoms with Crippen LogP contribution < -0.4 is 5.32 Å². The number of carbonyl (C=O) groups excluding carboxylic acids is 1. The molecule has 1 N–H and O–H groups in total. The van der Waals surface area contributed by atoms with Crippen molar-refractivity contribution in [1.29, 1.82) is 0 Å². The Kier molecular flexibility index (Phi) is 6.12. The molecular weight excluding hydrogens is 377 g/mol. The summed E-state index contributed by atoms with van der Waals surface area (Å²) in [6.45, 7) is 1.63. The number of hydrogen-bond donors (Lipinski definition) is 1. The fourth-order valence-electron chi connectivity index (χ4n) is 2.78. The molecule has 3 aromatic rings. The smallest absolute Gasteiger partial charge is 0.326 e. The summed E-state index contributed by atoms with van der Waals surface area (Å²) in [4.78, 5) is 16.2. The molecule has 0 aromatic heterocycles. The number of carbonyl (C=O) groups is 1. The SMILES string of the molecule is CCC(=O)Nc1cc(N=C(c2ccccc2)c2ccccc2)cc(C(F)(F)F)c1. The average Bonchev–Trinajstić information content (AvgIpc) is 2.72. The summed E-state index contributed by atoms with van der Waals surface area (Å²) in [5.74, 6) is -0.370. The zero-order valence-electron chi connectivity index (χ0n) is 15.7. The Balaban J connectivity index is 2.16. The molecule has 0 radical (unpaired) electrons. The van der Waals surface area contributed by atoms with Gasteiger partial charge >= 0.3 is 6.18 Å². The Morgan fingerprint density at radius 1 is 0.897 bits per heavy atom. The van der Waals surface area contributed by atoms with E-state index in [1.807, 2.05) is 60.7 Å². The monoisotopic (exact) mass is 396 g/mol. The number of halogens is 3. The van der Waals surface area contributed by atoms with Crippen LogP contribution >= 0.6 is 0 Å². The highest BCUT2D eigenvalue weighted by atomic mass is 19.4. The van der Waals surface area contributed by atoms with Gasteiger partial charge in [-0.3, -0.25) is 4.79 Å². The summed E-state index contributed by atoms with van der Waals surface area (Å²) in [7, 11) is 0. The zero-order valence-corrected chi connectivity index (χ0v) is 15.7. The Bertz CT molecular complexity index is 972. The lowest BCUT2D eigenvalue weighted by Gasteiger charge is -2.13. The third-order valence-corrected chi connectivity index (χ3v) is 4.19. The van der Waals surface area contributed by atoms with Gasteiger partial charge in [-0.1, -0.05) is 67.6 Å². The molecule has 0 saturated carbocycles. The molecule has 3 rings (SSSR count). The highest BCUT2D eigenvalue weighted by Gasteiger charge is 2.31. The Morgan fingerprint density at radius 3 is 1.93 bits per heavy atom. The summed E-state index contributed by atoms with van der Waals surface area (Å²) in [6, 6.07) is 21.8. The Morgan fingerprint density at radius 2 is 1.45 bits per heavy atom. The van der Waals surface area contributed by atoms with E-state index in [1.165, 1.54) is 6.07 Å². The van der Waals surface area contributed by atoms with E-state index in [2.05, 4.69) is 10.3 Å². The first-order valence-corrected chi connectivity index (χ1v) is 9.08. The van der Waals surface area contributed by atoms with E-state index in [4.69, 9.17) is 0 Å². The topological polar surface area (TPSA) is 41.5 Å². The van der Waals surface area contributed by atoms with Crippen molar-refractivity contribution in [2.24, 2.45) is 4.99 Å². The summed E-state index contributed by atoms with van der Waals surface area (Å²) in [6.07, 6.45) is -4.40. The lowest BCUT2D eigenvalue weighted by molar-refractivity contribution is -0.137. The zero-order chi connectivity index (χ0) is 20.9. The first-order chi connectivity index (χ1) is 13.9. The molecule has 6 heteroatoms. The molecule has 0 atom stereocenters. The maximum Gasteiger partial charge on any atom is 0.416 e. The minimum atomic E-state index is -4.56. The van der Waals surface area contributed by atoms with E-state index in [-0.39, 0.29) is 23.7 Å².